The van der Waals surface area contributed by atoms with Crippen LogP contribution in [-0.4, -0.2) is 20.0 Å². The highest BCUT2D eigenvalue weighted by atomic mass is 35.5. The molecule has 2 aromatic rings. The largest absolute Gasteiger partial charge is 0.493 e. The fourth-order valence-corrected chi connectivity index (χ4v) is 2.48. The summed E-state index contributed by atoms with van der Waals surface area (Å²) >= 11 is 18.1. The van der Waals surface area contributed by atoms with E-state index in [4.69, 9.17) is 44.3 Å². The van der Waals surface area contributed by atoms with Crippen molar-refractivity contribution in [2.75, 3.05) is 14.2 Å². The van der Waals surface area contributed by atoms with Crippen molar-refractivity contribution in [3.8, 4) is 11.5 Å². The molecule has 0 heterocycles. The zero-order valence-electron chi connectivity index (χ0n) is 11.2. The summed E-state index contributed by atoms with van der Waals surface area (Å²) in [5.41, 5.74) is 0.539. The molecule has 0 aliphatic rings. The Morgan fingerprint density at radius 1 is 0.905 bits per heavy atom. The number of hydrogen-bond donors (Lipinski definition) is 0. The first kappa shape index (κ1) is 16.0. The third kappa shape index (κ3) is 3.10. The van der Waals surface area contributed by atoms with Crippen LogP contribution < -0.4 is 9.47 Å². The topological polar surface area (TPSA) is 35.5 Å². The van der Waals surface area contributed by atoms with Crippen LogP contribution in [0.4, 0.5) is 0 Å². The molecule has 0 saturated carbocycles. The Hall–Kier alpha value is -1.42. The van der Waals surface area contributed by atoms with E-state index < -0.39 is 0 Å². The number of hydrogen-bond acceptors (Lipinski definition) is 3. The molecule has 2 aromatic carbocycles. The SMILES string of the molecule is COc1cc(Cl)c(C(=O)c2cccc(Cl)c2Cl)cc1OC. The van der Waals surface area contributed by atoms with Gasteiger partial charge in [0, 0.05) is 17.2 Å². The number of halogens is 3. The molecule has 0 amide bonds. The Balaban J connectivity index is 2.56. The van der Waals surface area contributed by atoms with Gasteiger partial charge >= 0.3 is 0 Å². The van der Waals surface area contributed by atoms with E-state index in [0.29, 0.717) is 16.5 Å². The Morgan fingerprint density at radius 3 is 2.14 bits per heavy atom. The fraction of sp³-hybridized carbons (Fsp3) is 0.133. The van der Waals surface area contributed by atoms with Gasteiger partial charge in [-0.2, -0.15) is 0 Å². The van der Waals surface area contributed by atoms with Crippen LogP contribution in [0.5, 0.6) is 11.5 Å². The number of ketones is 1. The summed E-state index contributed by atoms with van der Waals surface area (Å²) in [7, 11) is 2.97. The normalized spacial score (nSPS) is 10.3. The number of benzene rings is 2. The average molecular weight is 346 g/mol. The van der Waals surface area contributed by atoms with Crippen LogP contribution in [0, 0.1) is 0 Å². The lowest BCUT2D eigenvalue weighted by Crippen LogP contribution is -2.04. The summed E-state index contributed by atoms with van der Waals surface area (Å²) in [4.78, 5) is 12.6. The molecule has 0 aromatic heterocycles. The van der Waals surface area contributed by atoms with Crippen molar-refractivity contribution in [3.05, 3.63) is 56.5 Å². The van der Waals surface area contributed by atoms with E-state index in [1.165, 1.54) is 26.4 Å². The molecule has 2 rings (SSSR count). The molecule has 0 aliphatic carbocycles. The van der Waals surface area contributed by atoms with Crippen LogP contribution in [-0.2, 0) is 0 Å². The van der Waals surface area contributed by atoms with Crippen molar-refractivity contribution in [3.63, 3.8) is 0 Å². The molecule has 0 saturated heterocycles. The zero-order valence-corrected chi connectivity index (χ0v) is 13.5. The van der Waals surface area contributed by atoms with Gasteiger partial charge in [0.1, 0.15) is 0 Å². The van der Waals surface area contributed by atoms with E-state index in [0.717, 1.165) is 0 Å². The summed E-state index contributed by atoms with van der Waals surface area (Å²) in [5, 5.41) is 0.739. The number of carbonyl (C=O) groups is 1. The average Bonchev–Trinajstić information content (AvgIpc) is 2.49. The molecule has 0 unspecified atom stereocenters. The number of carbonyl (C=O) groups excluding carboxylic acids is 1. The van der Waals surface area contributed by atoms with E-state index in [1.54, 1.807) is 18.2 Å². The first-order chi connectivity index (χ1) is 9.99. The van der Waals surface area contributed by atoms with Crippen LogP contribution in [0.2, 0.25) is 15.1 Å². The first-order valence-electron chi connectivity index (χ1n) is 5.89. The molecular formula is C15H11Cl3O3. The van der Waals surface area contributed by atoms with Crippen molar-refractivity contribution in [1.82, 2.24) is 0 Å². The quantitative estimate of drug-likeness (QED) is 0.740. The first-order valence-corrected chi connectivity index (χ1v) is 7.03. The predicted octanol–water partition coefficient (Wildman–Crippen LogP) is 4.90. The van der Waals surface area contributed by atoms with Crippen LogP contribution >= 0.6 is 34.8 Å². The maximum absolute atomic E-state index is 12.6. The van der Waals surface area contributed by atoms with E-state index in [2.05, 4.69) is 0 Å². The second kappa shape index (κ2) is 6.56. The van der Waals surface area contributed by atoms with Gasteiger partial charge in [0.15, 0.2) is 17.3 Å². The highest BCUT2D eigenvalue weighted by molar-refractivity contribution is 6.45. The molecular weight excluding hydrogens is 335 g/mol. The second-order valence-electron chi connectivity index (χ2n) is 4.12. The van der Waals surface area contributed by atoms with E-state index >= 15 is 0 Å². The predicted molar refractivity (Wildman–Crippen MR) is 84.5 cm³/mol. The van der Waals surface area contributed by atoms with Crippen molar-refractivity contribution in [2.45, 2.75) is 0 Å². The lowest BCUT2D eigenvalue weighted by atomic mass is 10.0. The Morgan fingerprint density at radius 2 is 1.52 bits per heavy atom. The van der Waals surface area contributed by atoms with E-state index in [-0.39, 0.29) is 27.0 Å². The minimum Gasteiger partial charge on any atom is -0.493 e. The van der Waals surface area contributed by atoms with E-state index in [9.17, 15) is 4.79 Å². The summed E-state index contributed by atoms with van der Waals surface area (Å²) in [6.07, 6.45) is 0. The Bertz CT molecular complexity index is 699. The second-order valence-corrected chi connectivity index (χ2v) is 5.31. The minimum absolute atomic E-state index is 0.190. The van der Waals surface area contributed by atoms with Gasteiger partial charge in [-0.1, -0.05) is 40.9 Å². The molecule has 6 heteroatoms. The minimum atomic E-state index is -0.339. The molecule has 0 spiro atoms. The van der Waals surface area contributed by atoms with E-state index in [1.807, 2.05) is 0 Å². The lowest BCUT2D eigenvalue weighted by Gasteiger charge is -2.12. The van der Waals surface area contributed by atoms with Gasteiger partial charge in [0.05, 0.1) is 29.3 Å². The summed E-state index contributed by atoms with van der Waals surface area (Å²) in [5.74, 6) is 0.507. The lowest BCUT2D eigenvalue weighted by molar-refractivity contribution is 0.103. The Labute approximate surface area is 137 Å². The number of rotatable bonds is 4. The zero-order chi connectivity index (χ0) is 15.6. The third-order valence-corrected chi connectivity index (χ3v) is 4.05. The highest BCUT2D eigenvalue weighted by Crippen LogP contribution is 2.35. The van der Waals surface area contributed by atoms with Crippen molar-refractivity contribution < 1.29 is 14.3 Å². The van der Waals surface area contributed by atoms with Crippen LogP contribution in [0.1, 0.15) is 15.9 Å². The number of methoxy groups -OCH3 is 2. The summed E-state index contributed by atoms with van der Waals surface area (Å²) in [6, 6.07) is 7.88. The molecule has 0 N–H and O–H groups in total. The molecule has 0 radical (unpaired) electrons. The third-order valence-electron chi connectivity index (χ3n) is 2.91. The van der Waals surface area contributed by atoms with Gasteiger partial charge in [-0.15, -0.1) is 0 Å². The van der Waals surface area contributed by atoms with Crippen molar-refractivity contribution in [1.29, 1.82) is 0 Å². The standard InChI is InChI=1S/C15H11Cl3O3/c1-20-12-6-9(11(17)7-13(12)21-2)15(19)8-4-3-5-10(16)14(8)18/h3-7H,1-2H3. The molecule has 21 heavy (non-hydrogen) atoms. The monoisotopic (exact) mass is 344 g/mol. The van der Waals surface area contributed by atoms with Crippen LogP contribution in [0.15, 0.2) is 30.3 Å². The van der Waals surface area contributed by atoms with Gasteiger partial charge < -0.3 is 9.47 Å². The number of ether oxygens (including phenoxy) is 2. The molecule has 0 atom stereocenters. The van der Waals surface area contributed by atoms with Crippen LogP contribution in [0.3, 0.4) is 0 Å². The smallest absolute Gasteiger partial charge is 0.196 e. The maximum Gasteiger partial charge on any atom is 0.196 e. The van der Waals surface area contributed by atoms with Gasteiger partial charge in [-0.25, -0.2) is 0 Å². The van der Waals surface area contributed by atoms with Crippen LogP contribution in [0.25, 0.3) is 0 Å². The summed E-state index contributed by atoms with van der Waals surface area (Å²) in [6.45, 7) is 0. The maximum atomic E-state index is 12.6. The van der Waals surface area contributed by atoms with Gasteiger partial charge in [-0.3, -0.25) is 4.79 Å². The van der Waals surface area contributed by atoms with Gasteiger partial charge in [-0.05, 0) is 18.2 Å². The fourth-order valence-electron chi connectivity index (χ4n) is 1.85. The summed E-state index contributed by atoms with van der Waals surface area (Å²) < 4.78 is 10.3. The highest BCUT2D eigenvalue weighted by Gasteiger charge is 2.20. The molecule has 3 nitrogen and oxygen atoms in total. The van der Waals surface area contributed by atoms with Gasteiger partial charge in [0.2, 0.25) is 0 Å². The molecule has 0 bridgehead atoms. The van der Waals surface area contributed by atoms with Gasteiger partial charge in [0.25, 0.3) is 0 Å². The van der Waals surface area contributed by atoms with Crippen molar-refractivity contribution >= 4 is 40.6 Å². The molecule has 110 valence electrons. The molecule has 0 fully saturated rings. The Kier molecular flexibility index (Phi) is 4.99. The van der Waals surface area contributed by atoms with Crippen molar-refractivity contribution in [2.24, 2.45) is 0 Å². The molecule has 0 aliphatic heterocycles.